The van der Waals surface area contributed by atoms with Crippen LogP contribution in [-0.4, -0.2) is 68.1 Å². The van der Waals surface area contributed by atoms with Gasteiger partial charge in [-0.3, -0.25) is 14.5 Å². The molecule has 2 aromatic carbocycles. The number of hydrogen-bond donors (Lipinski definition) is 1. The number of carbonyl (C=O) groups is 2. The normalized spacial score (nSPS) is 14.3. The SMILES string of the molecule is CCCOc1ccc(/C=C/C(=O)N2CCN(CC(=O)Nc3cccc(F)c3)CC2)cc1OC. The van der Waals surface area contributed by atoms with E-state index in [0.29, 0.717) is 50.0 Å². The Bertz CT molecular complexity index is 987. The second-order valence-corrected chi connectivity index (χ2v) is 7.75. The summed E-state index contributed by atoms with van der Waals surface area (Å²) >= 11 is 0. The van der Waals surface area contributed by atoms with Crippen LogP contribution in [0.4, 0.5) is 10.1 Å². The predicted molar refractivity (Wildman–Crippen MR) is 126 cm³/mol. The Balaban J connectivity index is 1.47. The van der Waals surface area contributed by atoms with Gasteiger partial charge in [-0.2, -0.15) is 0 Å². The molecular weight excluding hydrogens is 425 g/mol. The van der Waals surface area contributed by atoms with Crippen molar-refractivity contribution in [2.75, 3.05) is 51.8 Å². The van der Waals surface area contributed by atoms with Crippen molar-refractivity contribution in [2.24, 2.45) is 0 Å². The van der Waals surface area contributed by atoms with Gasteiger partial charge in [0.15, 0.2) is 11.5 Å². The Morgan fingerprint density at radius 3 is 2.58 bits per heavy atom. The number of carbonyl (C=O) groups excluding carboxylic acids is 2. The van der Waals surface area contributed by atoms with Gasteiger partial charge in [0.25, 0.3) is 0 Å². The zero-order chi connectivity index (χ0) is 23.6. The monoisotopic (exact) mass is 455 g/mol. The highest BCUT2D eigenvalue weighted by Gasteiger charge is 2.21. The highest BCUT2D eigenvalue weighted by molar-refractivity contribution is 5.93. The van der Waals surface area contributed by atoms with Gasteiger partial charge < -0.3 is 19.7 Å². The lowest BCUT2D eigenvalue weighted by Crippen LogP contribution is -2.50. The van der Waals surface area contributed by atoms with Crippen LogP contribution >= 0.6 is 0 Å². The second kappa shape index (κ2) is 12.0. The number of amides is 2. The van der Waals surface area contributed by atoms with Crippen LogP contribution in [0.2, 0.25) is 0 Å². The topological polar surface area (TPSA) is 71.1 Å². The van der Waals surface area contributed by atoms with E-state index in [0.717, 1.165) is 12.0 Å². The minimum absolute atomic E-state index is 0.0795. The Morgan fingerprint density at radius 2 is 1.88 bits per heavy atom. The molecular formula is C25H30FN3O4. The summed E-state index contributed by atoms with van der Waals surface area (Å²) in [5.41, 5.74) is 1.28. The molecule has 0 aromatic heterocycles. The third kappa shape index (κ3) is 7.32. The summed E-state index contributed by atoms with van der Waals surface area (Å²) in [6, 6.07) is 11.4. The number of hydrogen-bond acceptors (Lipinski definition) is 5. The summed E-state index contributed by atoms with van der Waals surface area (Å²) in [5.74, 6) is 0.625. The maximum atomic E-state index is 13.2. The number of halogens is 1. The Labute approximate surface area is 193 Å². The number of nitrogens with zero attached hydrogens (tertiary/aromatic N) is 2. The first kappa shape index (κ1) is 24.3. The Hall–Kier alpha value is -3.39. The number of rotatable bonds is 9. The minimum atomic E-state index is -0.396. The summed E-state index contributed by atoms with van der Waals surface area (Å²) in [6.45, 7) is 5.09. The zero-order valence-corrected chi connectivity index (χ0v) is 19.1. The first-order chi connectivity index (χ1) is 16.0. The maximum absolute atomic E-state index is 13.2. The molecule has 3 rings (SSSR count). The van der Waals surface area contributed by atoms with E-state index in [1.165, 1.54) is 12.1 Å². The van der Waals surface area contributed by atoms with Crippen LogP contribution in [0.3, 0.4) is 0 Å². The van der Waals surface area contributed by atoms with Crippen molar-refractivity contribution >= 4 is 23.6 Å². The molecule has 1 N–H and O–H groups in total. The van der Waals surface area contributed by atoms with Crippen LogP contribution in [0.5, 0.6) is 11.5 Å². The molecule has 0 atom stereocenters. The lowest BCUT2D eigenvalue weighted by molar-refractivity contribution is -0.127. The van der Waals surface area contributed by atoms with Gasteiger partial charge in [0.05, 0.1) is 20.3 Å². The van der Waals surface area contributed by atoms with Crippen molar-refractivity contribution in [3.8, 4) is 11.5 Å². The predicted octanol–water partition coefficient (Wildman–Crippen LogP) is 3.42. The van der Waals surface area contributed by atoms with E-state index in [9.17, 15) is 14.0 Å². The highest BCUT2D eigenvalue weighted by atomic mass is 19.1. The Kier molecular flexibility index (Phi) is 8.83. The molecule has 33 heavy (non-hydrogen) atoms. The average molecular weight is 456 g/mol. The van der Waals surface area contributed by atoms with Crippen molar-refractivity contribution in [1.29, 1.82) is 0 Å². The third-order valence-corrected chi connectivity index (χ3v) is 5.23. The molecule has 1 heterocycles. The second-order valence-electron chi connectivity index (χ2n) is 7.75. The fraction of sp³-hybridized carbons (Fsp3) is 0.360. The number of ether oxygens (including phenoxy) is 2. The molecule has 0 saturated carbocycles. The van der Waals surface area contributed by atoms with Gasteiger partial charge in [-0.15, -0.1) is 0 Å². The number of methoxy groups -OCH3 is 1. The molecule has 8 heteroatoms. The van der Waals surface area contributed by atoms with Crippen molar-refractivity contribution in [3.05, 3.63) is 59.9 Å². The van der Waals surface area contributed by atoms with Crippen molar-refractivity contribution in [3.63, 3.8) is 0 Å². The van der Waals surface area contributed by atoms with E-state index in [-0.39, 0.29) is 18.4 Å². The van der Waals surface area contributed by atoms with E-state index < -0.39 is 5.82 Å². The largest absolute Gasteiger partial charge is 0.493 e. The first-order valence-corrected chi connectivity index (χ1v) is 11.0. The van der Waals surface area contributed by atoms with Crippen LogP contribution in [0, 0.1) is 5.82 Å². The molecule has 0 spiro atoms. The molecule has 1 aliphatic heterocycles. The lowest BCUT2D eigenvalue weighted by atomic mass is 10.2. The summed E-state index contributed by atoms with van der Waals surface area (Å²) in [5, 5.41) is 2.70. The van der Waals surface area contributed by atoms with E-state index in [2.05, 4.69) is 5.32 Å². The van der Waals surface area contributed by atoms with Gasteiger partial charge in [-0.25, -0.2) is 4.39 Å². The fourth-order valence-electron chi connectivity index (χ4n) is 3.49. The molecule has 176 valence electrons. The van der Waals surface area contributed by atoms with Gasteiger partial charge >= 0.3 is 0 Å². The van der Waals surface area contributed by atoms with E-state index in [1.807, 2.05) is 30.0 Å². The summed E-state index contributed by atoms with van der Waals surface area (Å²) in [4.78, 5) is 28.5. The number of nitrogens with one attached hydrogen (secondary N) is 1. The quantitative estimate of drug-likeness (QED) is 0.587. The van der Waals surface area contributed by atoms with Crippen LogP contribution in [-0.2, 0) is 9.59 Å². The molecule has 0 unspecified atom stereocenters. The molecule has 1 saturated heterocycles. The average Bonchev–Trinajstić information content (AvgIpc) is 2.81. The van der Waals surface area contributed by atoms with Crippen molar-refractivity contribution in [1.82, 2.24) is 9.80 Å². The molecule has 0 bridgehead atoms. The van der Waals surface area contributed by atoms with E-state index in [1.54, 1.807) is 36.3 Å². The molecule has 7 nitrogen and oxygen atoms in total. The minimum Gasteiger partial charge on any atom is -0.493 e. The van der Waals surface area contributed by atoms with E-state index in [4.69, 9.17) is 9.47 Å². The van der Waals surface area contributed by atoms with Gasteiger partial charge in [-0.05, 0) is 48.4 Å². The number of benzene rings is 2. The molecule has 1 aliphatic rings. The maximum Gasteiger partial charge on any atom is 0.246 e. The van der Waals surface area contributed by atoms with Crippen LogP contribution in [0.15, 0.2) is 48.5 Å². The van der Waals surface area contributed by atoms with Crippen LogP contribution in [0.25, 0.3) is 6.08 Å². The van der Waals surface area contributed by atoms with E-state index >= 15 is 0 Å². The van der Waals surface area contributed by atoms with Crippen LogP contribution < -0.4 is 14.8 Å². The summed E-state index contributed by atoms with van der Waals surface area (Å²) < 4.78 is 24.3. The van der Waals surface area contributed by atoms with Crippen molar-refractivity contribution < 1.29 is 23.5 Å². The molecule has 0 aliphatic carbocycles. The zero-order valence-electron chi connectivity index (χ0n) is 19.1. The van der Waals surface area contributed by atoms with Gasteiger partial charge in [0, 0.05) is 37.9 Å². The molecule has 0 radical (unpaired) electrons. The molecule has 1 fully saturated rings. The van der Waals surface area contributed by atoms with Crippen LogP contribution in [0.1, 0.15) is 18.9 Å². The fourth-order valence-corrected chi connectivity index (χ4v) is 3.49. The lowest BCUT2D eigenvalue weighted by Gasteiger charge is -2.33. The third-order valence-electron chi connectivity index (χ3n) is 5.23. The molecule has 2 amide bonds. The Morgan fingerprint density at radius 1 is 1.09 bits per heavy atom. The standard InChI is InChI=1S/C25H30FN3O4/c1-3-15-33-22-9-7-19(16-23(22)32-2)8-10-25(31)29-13-11-28(12-14-29)18-24(30)27-21-6-4-5-20(26)17-21/h4-10,16-17H,3,11-15,18H2,1-2H3,(H,27,30)/b10-8+. The van der Waals surface area contributed by atoms with Gasteiger partial charge in [0.2, 0.25) is 11.8 Å². The summed E-state index contributed by atoms with van der Waals surface area (Å²) in [6.07, 6.45) is 4.21. The van der Waals surface area contributed by atoms with Crippen molar-refractivity contribution in [2.45, 2.75) is 13.3 Å². The molecule has 2 aromatic rings. The van der Waals surface area contributed by atoms with Gasteiger partial charge in [0.1, 0.15) is 5.82 Å². The first-order valence-electron chi connectivity index (χ1n) is 11.0. The number of piperazine rings is 1. The summed E-state index contributed by atoms with van der Waals surface area (Å²) in [7, 11) is 1.59. The van der Waals surface area contributed by atoms with Gasteiger partial charge in [-0.1, -0.05) is 19.1 Å². The highest BCUT2D eigenvalue weighted by Crippen LogP contribution is 2.28. The smallest absolute Gasteiger partial charge is 0.246 e. The number of anilines is 1.